The van der Waals surface area contributed by atoms with E-state index in [2.05, 4.69) is 5.32 Å². The first-order chi connectivity index (χ1) is 6.50. The van der Waals surface area contributed by atoms with Gasteiger partial charge in [-0.05, 0) is 6.07 Å². The Hall–Kier alpha value is -1.10. The molecule has 1 aromatic rings. The third kappa shape index (κ3) is 2.70. The lowest BCUT2D eigenvalue weighted by Gasteiger charge is -2.09. The Morgan fingerprint density at radius 2 is 2.07 bits per heavy atom. The molecule has 0 heterocycles. The number of hydrogen-bond donors (Lipinski definition) is 2. The second-order valence-electron chi connectivity index (χ2n) is 2.63. The molecule has 1 rings (SSSR count). The van der Waals surface area contributed by atoms with E-state index in [0.717, 1.165) is 6.07 Å². The lowest BCUT2D eigenvalue weighted by Crippen LogP contribution is -2.11. The fourth-order valence-electron chi connectivity index (χ4n) is 0.902. The Morgan fingerprint density at radius 3 is 2.64 bits per heavy atom. The molecule has 0 amide bonds. The monoisotopic (exact) mass is 224 g/mol. The molecule has 0 saturated carbocycles. The predicted molar refractivity (Wildman–Crippen MR) is 50.3 cm³/mol. The van der Waals surface area contributed by atoms with Crippen molar-refractivity contribution >= 4 is 23.0 Å². The quantitative estimate of drug-likeness (QED) is 0.775. The average Bonchev–Trinajstić information content (AvgIpc) is 2.09. The summed E-state index contributed by atoms with van der Waals surface area (Å²) in [6.07, 6.45) is -2.50. The molecule has 0 aliphatic rings. The summed E-state index contributed by atoms with van der Waals surface area (Å²) in [5, 5.41) is 2.20. The van der Waals surface area contributed by atoms with Gasteiger partial charge in [-0.2, -0.15) is 0 Å². The molecule has 0 aromatic heterocycles. The van der Waals surface area contributed by atoms with Gasteiger partial charge in [-0.3, -0.25) is 0 Å². The maximum Gasteiger partial charge on any atom is 0.255 e. The first kappa shape index (κ1) is 11.0. The molecule has 2 nitrogen and oxygen atoms in total. The molecule has 0 saturated heterocycles. The van der Waals surface area contributed by atoms with Crippen molar-refractivity contribution in [2.24, 2.45) is 0 Å². The van der Waals surface area contributed by atoms with Gasteiger partial charge in [-0.1, -0.05) is 11.6 Å². The fraction of sp³-hybridized carbons (Fsp3) is 0.250. The SMILES string of the molecule is Nc1cc(F)c(Cl)cc1NCC(F)F. The molecule has 14 heavy (non-hydrogen) atoms. The summed E-state index contributed by atoms with van der Waals surface area (Å²) in [6, 6.07) is 2.16. The molecule has 3 N–H and O–H groups in total. The van der Waals surface area contributed by atoms with Crippen LogP contribution in [0.5, 0.6) is 0 Å². The molecule has 78 valence electrons. The first-order valence-electron chi connectivity index (χ1n) is 3.77. The van der Waals surface area contributed by atoms with Gasteiger partial charge in [-0.25, -0.2) is 13.2 Å². The normalized spacial score (nSPS) is 10.6. The summed E-state index contributed by atoms with van der Waals surface area (Å²) in [5.41, 5.74) is 5.62. The summed E-state index contributed by atoms with van der Waals surface area (Å²) in [6.45, 7) is -0.549. The van der Waals surface area contributed by atoms with Crippen molar-refractivity contribution in [2.75, 3.05) is 17.6 Å². The van der Waals surface area contributed by atoms with E-state index in [1.54, 1.807) is 0 Å². The van der Waals surface area contributed by atoms with Crippen LogP contribution < -0.4 is 11.1 Å². The van der Waals surface area contributed by atoms with Crippen LogP contribution in [-0.2, 0) is 0 Å². The van der Waals surface area contributed by atoms with Crippen molar-refractivity contribution in [1.29, 1.82) is 0 Å². The van der Waals surface area contributed by atoms with Crippen LogP contribution in [0.4, 0.5) is 24.5 Å². The van der Waals surface area contributed by atoms with Gasteiger partial charge in [0.05, 0.1) is 22.9 Å². The second-order valence-corrected chi connectivity index (χ2v) is 3.03. The molecular weight excluding hydrogens is 217 g/mol. The highest BCUT2D eigenvalue weighted by Gasteiger charge is 2.08. The van der Waals surface area contributed by atoms with Crippen LogP contribution in [-0.4, -0.2) is 13.0 Å². The standard InChI is InChI=1S/C8H8ClF3N2/c9-4-1-7(14-3-8(11)12)6(13)2-5(4)10/h1-2,8,14H,3,13H2. The van der Waals surface area contributed by atoms with Crippen molar-refractivity contribution in [3.63, 3.8) is 0 Å². The number of halogens is 4. The van der Waals surface area contributed by atoms with E-state index >= 15 is 0 Å². The van der Waals surface area contributed by atoms with Crippen LogP contribution in [0, 0.1) is 5.82 Å². The molecule has 1 aromatic carbocycles. The first-order valence-corrected chi connectivity index (χ1v) is 4.15. The van der Waals surface area contributed by atoms with Crippen molar-refractivity contribution < 1.29 is 13.2 Å². The smallest absolute Gasteiger partial charge is 0.255 e. The van der Waals surface area contributed by atoms with Crippen molar-refractivity contribution in [3.05, 3.63) is 23.0 Å². The Balaban J connectivity index is 2.82. The van der Waals surface area contributed by atoms with Crippen molar-refractivity contribution in [2.45, 2.75) is 6.43 Å². The highest BCUT2D eigenvalue weighted by atomic mass is 35.5. The minimum atomic E-state index is -2.50. The van der Waals surface area contributed by atoms with E-state index in [9.17, 15) is 13.2 Å². The Kier molecular flexibility index (Phi) is 3.46. The largest absolute Gasteiger partial charge is 0.397 e. The second kappa shape index (κ2) is 4.41. The van der Waals surface area contributed by atoms with Crippen LogP contribution in [0.15, 0.2) is 12.1 Å². The van der Waals surface area contributed by atoms with E-state index in [1.807, 2.05) is 0 Å². The van der Waals surface area contributed by atoms with Crippen molar-refractivity contribution in [1.82, 2.24) is 0 Å². The van der Waals surface area contributed by atoms with Crippen LogP contribution >= 0.6 is 11.6 Å². The van der Waals surface area contributed by atoms with Gasteiger partial charge in [-0.15, -0.1) is 0 Å². The summed E-state index contributed by atoms with van der Waals surface area (Å²) in [4.78, 5) is 0. The van der Waals surface area contributed by atoms with Gasteiger partial charge in [0.1, 0.15) is 5.82 Å². The molecule has 0 aliphatic heterocycles. The van der Waals surface area contributed by atoms with E-state index < -0.39 is 18.8 Å². The van der Waals surface area contributed by atoms with Gasteiger partial charge in [0.15, 0.2) is 0 Å². The summed E-state index contributed by atoms with van der Waals surface area (Å²) in [7, 11) is 0. The number of nitrogens with two attached hydrogens (primary N) is 1. The lowest BCUT2D eigenvalue weighted by molar-refractivity contribution is 0.163. The van der Waals surface area contributed by atoms with E-state index in [0.29, 0.717) is 0 Å². The molecular formula is C8H8ClF3N2. The van der Waals surface area contributed by atoms with Crippen LogP contribution in [0.25, 0.3) is 0 Å². The number of benzene rings is 1. The van der Waals surface area contributed by atoms with Crippen LogP contribution in [0.2, 0.25) is 5.02 Å². The van der Waals surface area contributed by atoms with Crippen LogP contribution in [0.3, 0.4) is 0 Å². The third-order valence-electron chi connectivity index (χ3n) is 1.54. The Bertz CT molecular complexity index is 331. The van der Waals surface area contributed by atoms with Gasteiger partial charge < -0.3 is 11.1 Å². The van der Waals surface area contributed by atoms with Crippen molar-refractivity contribution in [3.8, 4) is 0 Å². The average molecular weight is 225 g/mol. The molecule has 6 heteroatoms. The molecule has 0 unspecified atom stereocenters. The third-order valence-corrected chi connectivity index (χ3v) is 1.83. The van der Waals surface area contributed by atoms with Gasteiger partial charge in [0, 0.05) is 6.07 Å². The summed E-state index contributed by atoms with van der Waals surface area (Å²) >= 11 is 5.44. The summed E-state index contributed by atoms with van der Waals surface area (Å²) in [5.74, 6) is -0.674. The van der Waals surface area contributed by atoms with Crippen LogP contribution in [0.1, 0.15) is 0 Å². The Morgan fingerprint density at radius 1 is 1.43 bits per heavy atom. The summed E-state index contributed by atoms with van der Waals surface area (Å²) < 4.78 is 36.4. The minimum Gasteiger partial charge on any atom is -0.397 e. The van der Waals surface area contributed by atoms with Gasteiger partial charge in [0.25, 0.3) is 6.43 Å². The maximum absolute atomic E-state index is 12.8. The minimum absolute atomic E-state index is 0.0487. The Labute approximate surface area is 83.9 Å². The number of rotatable bonds is 3. The van der Waals surface area contributed by atoms with Gasteiger partial charge in [0.2, 0.25) is 0 Å². The lowest BCUT2D eigenvalue weighted by atomic mass is 10.2. The van der Waals surface area contributed by atoms with E-state index in [-0.39, 0.29) is 16.4 Å². The number of alkyl halides is 2. The number of nitrogen functional groups attached to an aromatic ring is 1. The van der Waals surface area contributed by atoms with E-state index in [1.165, 1.54) is 6.07 Å². The molecule has 0 spiro atoms. The zero-order chi connectivity index (χ0) is 10.7. The number of nitrogens with one attached hydrogen (secondary N) is 1. The number of hydrogen-bond acceptors (Lipinski definition) is 2. The molecule has 0 fully saturated rings. The topological polar surface area (TPSA) is 38.0 Å². The molecule has 0 bridgehead atoms. The van der Waals surface area contributed by atoms with E-state index in [4.69, 9.17) is 17.3 Å². The maximum atomic E-state index is 12.8. The highest BCUT2D eigenvalue weighted by molar-refractivity contribution is 6.31. The predicted octanol–water partition coefficient (Wildman–Crippen LogP) is 2.74. The molecule has 0 radical (unpaired) electrons. The van der Waals surface area contributed by atoms with Gasteiger partial charge >= 0.3 is 0 Å². The zero-order valence-corrected chi connectivity index (χ0v) is 7.78. The highest BCUT2D eigenvalue weighted by Crippen LogP contribution is 2.26. The number of anilines is 2. The molecule has 0 aliphatic carbocycles. The molecule has 0 atom stereocenters. The fourth-order valence-corrected chi connectivity index (χ4v) is 1.07. The zero-order valence-electron chi connectivity index (χ0n) is 7.03.